The Hall–Kier alpha value is -11.9. The van der Waals surface area contributed by atoms with Crippen LogP contribution in [0, 0.1) is 55.4 Å². The molecule has 10 aromatic carbocycles. The normalized spacial score (nSPS) is 9.69. The molecule has 16 nitrogen and oxygen atoms in total. The van der Waals surface area contributed by atoms with E-state index in [1.54, 1.807) is 132 Å². The van der Waals surface area contributed by atoms with Gasteiger partial charge in [-0.3, -0.25) is 52.7 Å². The summed E-state index contributed by atoms with van der Waals surface area (Å²) in [6.07, 6.45) is 0.921. The standard InChI is InChI=1S/C14H12O.C11H14O4.C11H14O.C10H12O3.2C10H10O2.2C10H12O.C8H6Cl2O/c1-11(15)12-7-9-14(10-8-12)13-5-3-2-4-6-13;1-7(12)8-5-9(13-2)11(15-4)10(6-8)14-3;1-7-5-11(10(4)12)6-8(2)9(7)3;1-7(11)8-4-9(12-2)6-10(5-8)13-3;1-7(11)9-3-5-10(6-4-9)8(2)12;1-7(11)9-4-3-5-10(6-9)8(2)12;1-7-4-8(2)10(6-11)9(3)5-7;1-7-4-8(2)6-10(5-7)9(3)11;1-5(11)7-4-6(9)2-3-8(7)10/h2-10H,1H3;5-6H,1-4H3;5-6H,1-4H3;4-6H,1-3H3;2*3-6H,1-2H3;2*4-6H,1-3H3;2-4H,1H3. The van der Waals surface area contributed by atoms with Crippen LogP contribution in [0.15, 0.2) is 194 Å². The van der Waals surface area contributed by atoms with Crippen molar-refractivity contribution in [3.63, 3.8) is 0 Å². The number of carbonyl (C=O) groups excluding carboxylic acids is 11. The minimum atomic E-state index is -0.0718. The molecule has 0 N–H and O–H groups in total. The van der Waals surface area contributed by atoms with Gasteiger partial charge in [-0.25, -0.2) is 0 Å². The van der Waals surface area contributed by atoms with E-state index in [-0.39, 0.29) is 57.8 Å². The van der Waals surface area contributed by atoms with Crippen LogP contribution in [0.5, 0.6) is 28.7 Å². The first-order valence-corrected chi connectivity index (χ1v) is 36.1. The van der Waals surface area contributed by atoms with Crippen molar-refractivity contribution in [1.29, 1.82) is 0 Å². The number of aldehydes is 1. The molecule has 0 aliphatic rings. The summed E-state index contributed by atoms with van der Waals surface area (Å²) < 4.78 is 25.4. The van der Waals surface area contributed by atoms with Crippen molar-refractivity contribution < 1.29 is 76.4 Å². The summed E-state index contributed by atoms with van der Waals surface area (Å²) in [6, 6.07) is 58.2. The maximum absolute atomic E-state index is 11.2. The minimum Gasteiger partial charge on any atom is -0.497 e. The highest BCUT2D eigenvalue weighted by molar-refractivity contribution is 6.35. The SMILES string of the molecule is CC(=O)c1cc(C)c(C)c(C)c1.CC(=O)c1cc(C)cc(C)c1.CC(=O)c1cc(Cl)ccc1Cl.CC(=O)c1ccc(-c2ccccc2)cc1.CC(=O)c1ccc(C(C)=O)cc1.CC(=O)c1cccc(C(C)=O)c1.COc1cc(C(C)=O)cc(OC)c1OC.COc1cc(OC)cc(C(C)=O)c1.Cc1cc(C)c(C=O)c(C)c1. The second kappa shape index (κ2) is 48.6. The molecule has 0 spiro atoms. The van der Waals surface area contributed by atoms with Gasteiger partial charge in [0.15, 0.2) is 75.6 Å². The molecule has 0 aliphatic carbocycles. The Kier molecular flexibility index (Phi) is 41.8. The molecule has 10 rings (SSSR count). The zero-order chi connectivity index (χ0) is 84.8. The van der Waals surface area contributed by atoms with Crippen molar-refractivity contribution in [3.05, 3.63) is 310 Å². The lowest BCUT2D eigenvalue weighted by molar-refractivity contribution is 0.0999. The molecular weight excluding hydrogens is 1460 g/mol. The molecule has 0 saturated heterocycles. The number of hydrogen-bond acceptors (Lipinski definition) is 16. The van der Waals surface area contributed by atoms with E-state index < -0.39 is 0 Å². The molecular formula is C94H102Cl2O16. The molecule has 0 aromatic heterocycles. The second-order valence-electron chi connectivity index (χ2n) is 25.8. The van der Waals surface area contributed by atoms with Crippen molar-refractivity contribution in [2.24, 2.45) is 0 Å². The third-order valence-electron chi connectivity index (χ3n) is 16.7. The molecule has 18 heteroatoms. The number of rotatable bonds is 17. The molecule has 0 bridgehead atoms. The summed E-state index contributed by atoms with van der Waals surface area (Å²) in [7, 11) is 7.66. The third-order valence-corrected chi connectivity index (χ3v) is 17.3. The Balaban J connectivity index is 0.000000429. The van der Waals surface area contributed by atoms with Gasteiger partial charge in [-0.15, -0.1) is 0 Å². The Labute approximate surface area is 669 Å². The van der Waals surface area contributed by atoms with Crippen molar-refractivity contribution in [2.75, 3.05) is 35.5 Å². The smallest absolute Gasteiger partial charge is 0.203 e. The molecule has 0 heterocycles. The van der Waals surface area contributed by atoms with E-state index in [1.807, 2.05) is 127 Å². The van der Waals surface area contributed by atoms with Crippen LogP contribution in [0.3, 0.4) is 0 Å². The molecule has 10 aromatic rings. The largest absolute Gasteiger partial charge is 0.497 e. The number of halogens is 2. The molecule has 0 amide bonds. The van der Waals surface area contributed by atoms with Crippen LogP contribution in [0.4, 0.5) is 0 Å². The molecule has 588 valence electrons. The molecule has 0 aliphatic heterocycles. The molecule has 0 saturated carbocycles. The van der Waals surface area contributed by atoms with E-state index in [9.17, 15) is 52.7 Å². The number of methoxy groups -OCH3 is 5. The predicted octanol–water partition coefficient (Wildman–Crippen LogP) is 22.5. The van der Waals surface area contributed by atoms with Gasteiger partial charge in [0.1, 0.15) is 11.5 Å². The van der Waals surface area contributed by atoms with Crippen LogP contribution in [0.2, 0.25) is 10.0 Å². The van der Waals surface area contributed by atoms with E-state index in [2.05, 4.69) is 25.1 Å². The summed E-state index contributed by atoms with van der Waals surface area (Å²) in [5.41, 5.74) is 18.9. The van der Waals surface area contributed by atoms with Gasteiger partial charge in [0.2, 0.25) is 5.75 Å². The third kappa shape index (κ3) is 33.2. The molecule has 0 radical (unpaired) electrons. The van der Waals surface area contributed by atoms with Gasteiger partial charge in [0.05, 0.1) is 40.6 Å². The predicted molar refractivity (Wildman–Crippen MR) is 450 cm³/mol. The van der Waals surface area contributed by atoms with E-state index in [4.69, 9.17) is 46.9 Å². The maximum atomic E-state index is 11.2. The van der Waals surface area contributed by atoms with Crippen molar-refractivity contribution in [2.45, 2.75) is 125 Å². The van der Waals surface area contributed by atoms with E-state index in [0.717, 1.165) is 56.4 Å². The topological polar surface area (TPSA) is 234 Å². The van der Waals surface area contributed by atoms with Crippen LogP contribution in [0.1, 0.15) is 228 Å². The average Bonchev–Trinajstić information content (AvgIpc) is 0.811. The van der Waals surface area contributed by atoms with Crippen molar-refractivity contribution in [3.8, 4) is 39.9 Å². The number of aryl methyl sites for hydroxylation is 7. The van der Waals surface area contributed by atoms with Gasteiger partial charge in [-0.1, -0.05) is 155 Å². The molecule has 0 fully saturated rings. The summed E-state index contributed by atoms with van der Waals surface area (Å²) in [5.74, 6) is 2.99. The Morgan fingerprint density at radius 2 is 0.634 bits per heavy atom. The van der Waals surface area contributed by atoms with E-state index in [0.29, 0.717) is 77.7 Å². The fraction of sp³-hybridized carbons (Fsp3) is 0.245. The van der Waals surface area contributed by atoms with E-state index in [1.165, 1.54) is 97.6 Å². The Morgan fingerprint density at radius 1 is 0.286 bits per heavy atom. The summed E-state index contributed by atoms with van der Waals surface area (Å²) in [4.78, 5) is 120. The first kappa shape index (κ1) is 96.2. The van der Waals surface area contributed by atoms with Gasteiger partial charge >= 0.3 is 0 Å². The Morgan fingerprint density at radius 3 is 0.973 bits per heavy atom. The number of ether oxygens (including phenoxy) is 5. The summed E-state index contributed by atoms with van der Waals surface area (Å²) in [6.45, 7) is 31.3. The van der Waals surface area contributed by atoms with Gasteiger partial charge in [-0.2, -0.15) is 0 Å². The molecule has 112 heavy (non-hydrogen) atoms. The van der Waals surface area contributed by atoms with Crippen LogP contribution in [-0.2, 0) is 0 Å². The first-order chi connectivity index (χ1) is 52.7. The number of hydrogen-bond donors (Lipinski definition) is 0. The fourth-order valence-electron chi connectivity index (χ4n) is 10.3. The zero-order valence-electron chi connectivity index (χ0n) is 68.3. The van der Waals surface area contributed by atoms with E-state index >= 15 is 0 Å². The van der Waals surface area contributed by atoms with Crippen LogP contribution in [0.25, 0.3) is 11.1 Å². The number of benzene rings is 10. The number of carbonyl (C=O) groups is 11. The highest BCUT2D eigenvalue weighted by Gasteiger charge is 2.16. The average molecular weight is 1560 g/mol. The zero-order valence-corrected chi connectivity index (χ0v) is 69.9. The fourth-order valence-corrected chi connectivity index (χ4v) is 10.7. The van der Waals surface area contributed by atoms with Crippen LogP contribution < -0.4 is 23.7 Å². The lowest BCUT2D eigenvalue weighted by atomic mass is 9.99. The van der Waals surface area contributed by atoms with Crippen molar-refractivity contribution in [1.82, 2.24) is 0 Å². The highest BCUT2D eigenvalue weighted by atomic mass is 35.5. The first-order valence-electron chi connectivity index (χ1n) is 35.3. The van der Waals surface area contributed by atoms with Crippen LogP contribution >= 0.6 is 23.2 Å². The van der Waals surface area contributed by atoms with Gasteiger partial charge in [0, 0.05) is 72.3 Å². The maximum Gasteiger partial charge on any atom is 0.203 e. The lowest BCUT2D eigenvalue weighted by Crippen LogP contribution is -1.99. The monoisotopic (exact) mass is 1560 g/mol. The van der Waals surface area contributed by atoms with Gasteiger partial charge < -0.3 is 23.7 Å². The second-order valence-corrected chi connectivity index (χ2v) is 26.7. The quantitative estimate of drug-likeness (QED) is 0.0609. The Bertz CT molecular complexity index is 4760. The molecule has 0 unspecified atom stereocenters. The summed E-state index contributed by atoms with van der Waals surface area (Å²) >= 11 is 11.4. The number of ketones is 10. The highest BCUT2D eigenvalue weighted by Crippen LogP contribution is 2.38. The minimum absolute atomic E-state index is 0.00259. The van der Waals surface area contributed by atoms with Crippen LogP contribution in [-0.4, -0.2) is 99.7 Å². The summed E-state index contributed by atoms with van der Waals surface area (Å²) in [5, 5.41) is 0.974. The van der Waals surface area contributed by atoms with Crippen molar-refractivity contribution >= 4 is 87.3 Å². The van der Waals surface area contributed by atoms with Gasteiger partial charge in [0.25, 0.3) is 0 Å². The number of Topliss-reactive ketones (excluding diaryl/α,β-unsaturated/α-hetero) is 10. The lowest BCUT2D eigenvalue weighted by Gasteiger charge is -2.12. The molecule has 0 atom stereocenters. The van der Waals surface area contributed by atoms with Gasteiger partial charge in [-0.05, 0) is 236 Å².